The first-order valence-corrected chi connectivity index (χ1v) is 17.2. The summed E-state index contributed by atoms with van der Waals surface area (Å²) in [6.45, 7) is 1.24. The van der Waals surface area contributed by atoms with Gasteiger partial charge in [-0.1, -0.05) is 98.1 Å². The number of halogens is 1. The van der Waals surface area contributed by atoms with E-state index in [1.807, 2.05) is 30.3 Å². The number of rotatable bonds is 12. The number of para-hydroxylation sites is 1. The van der Waals surface area contributed by atoms with Gasteiger partial charge in [0.1, 0.15) is 18.4 Å². The van der Waals surface area contributed by atoms with E-state index in [4.69, 9.17) is 0 Å². The number of nitrogens with one attached hydrogen (secondary N) is 1. The van der Waals surface area contributed by atoms with Crippen LogP contribution in [0.15, 0.2) is 114 Å². The molecule has 4 aromatic rings. The topological polar surface area (TPSA) is 86.8 Å². The predicted molar refractivity (Wildman–Crippen MR) is 178 cm³/mol. The summed E-state index contributed by atoms with van der Waals surface area (Å²) in [5, 5.41) is 3.19. The Kier molecular flexibility index (Phi) is 10.9. The van der Waals surface area contributed by atoms with Gasteiger partial charge in [0.05, 0.1) is 10.6 Å². The van der Waals surface area contributed by atoms with E-state index in [0.717, 1.165) is 42.0 Å². The monoisotopic (exact) mass is 641 g/mol. The Labute approximate surface area is 271 Å². The Morgan fingerprint density at radius 3 is 2.07 bits per heavy atom. The molecule has 0 aliphatic heterocycles. The van der Waals surface area contributed by atoms with Crippen molar-refractivity contribution in [2.75, 3.05) is 10.8 Å². The highest BCUT2D eigenvalue weighted by atomic mass is 32.2. The van der Waals surface area contributed by atoms with Crippen LogP contribution in [-0.2, 0) is 32.6 Å². The zero-order valence-corrected chi connectivity index (χ0v) is 26.8. The molecule has 5 rings (SSSR count). The molecule has 1 saturated carbocycles. The van der Waals surface area contributed by atoms with E-state index in [9.17, 15) is 22.4 Å². The molecule has 0 bridgehead atoms. The van der Waals surface area contributed by atoms with Crippen molar-refractivity contribution in [1.29, 1.82) is 0 Å². The van der Waals surface area contributed by atoms with E-state index in [1.54, 1.807) is 61.5 Å². The highest BCUT2D eigenvalue weighted by Gasteiger charge is 2.35. The number of aryl methyl sites for hydroxylation is 1. The van der Waals surface area contributed by atoms with Crippen molar-refractivity contribution in [2.24, 2.45) is 0 Å². The van der Waals surface area contributed by atoms with Crippen molar-refractivity contribution in [3.05, 3.63) is 132 Å². The van der Waals surface area contributed by atoms with Crippen LogP contribution in [0.2, 0.25) is 0 Å². The van der Waals surface area contributed by atoms with E-state index in [1.165, 1.54) is 29.2 Å². The van der Waals surface area contributed by atoms with Crippen LogP contribution in [0.5, 0.6) is 0 Å². The zero-order valence-electron chi connectivity index (χ0n) is 26.0. The third kappa shape index (κ3) is 8.20. The standard InChI is InChI=1S/C37H40FN3O4S/c1-28-13-11-12-20-34(28)41(46(44,45)33-18-9-4-10-19-33)27-36(42)40(26-30-21-23-31(38)24-22-30)35(25-29-14-5-2-6-15-29)37(43)39-32-16-7-3-8-17-32/h2,4-6,9-15,18-24,32,35H,3,7-8,16-17,25-27H2,1H3,(H,39,43). The number of carbonyl (C=O) groups is 2. The number of amides is 2. The first kappa shape index (κ1) is 32.9. The SMILES string of the molecule is Cc1ccccc1N(CC(=O)N(Cc1ccc(F)cc1)C(Cc1ccccc1)C(=O)NC1CCCCC1)S(=O)(=O)c1ccccc1. The molecule has 0 saturated heterocycles. The maximum atomic E-state index is 14.6. The number of hydrogen-bond acceptors (Lipinski definition) is 4. The summed E-state index contributed by atoms with van der Waals surface area (Å²) >= 11 is 0. The van der Waals surface area contributed by atoms with E-state index >= 15 is 0 Å². The van der Waals surface area contributed by atoms with Crippen LogP contribution in [0.3, 0.4) is 0 Å². The van der Waals surface area contributed by atoms with Crippen molar-refractivity contribution in [3.8, 4) is 0 Å². The Hall–Kier alpha value is -4.50. The molecule has 1 unspecified atom stereocenters. The number of hydrogen-bond donors (Lipinski definition) is 1. The van der Waals surface area contributed by atoms with Crippen molar-refractivity contribution in [1.82, 2.24) is 10.2 Å². The van der Waals surface area contributed by atoms with Gasteiger partial charge < -0.3 is 10.2 Å². The van der Waals surface area contributed by atoms with Crippen LogP contribution in [-0.4, -0.2) is 43.8 Å². The average Bonchev–Trinajstić information content (AvgIpc) is 3.07. The minimum Gasteiger partial charge on any atom is -0.352 e. The van der Waals surface area contributed by atoms with Gasteiger partial charge in [0.15, 0.2) is 0 Å². The van der Waals surface area contributed by atoms with E-state index < -0.39 is 34.3 Å². The Balaban J connectivity index is 1.56. The molecule has 0 spiro atoms. The molecule has 0 aromatic heterocycles. The first-order chi connectivity index (χ1) is 22.2. The van der Waals surface area contributed by atoms with Crippen LogP contribution >= 0.6 is 0 Å². The molecule has 1 N–H and O–H groups in total. The summed E-state index contributed by atoms with van der Waals surface area (Å²) in [5.41, 5.74) is 2.52. The van der Waals surface area contributed by atoms with Gasteiger partial charge in [-0.2, -0.15) is 0 Å². The number of sulfonamides is 1. The van der Waals surface area contributed by atoms with Crippen LogP contribution < -0.4 is 9.62 Å². The highest BCUT2D eigenvalue weighted by molar-refractivity contribution is 7.92. The molecule has 1 aliphatic carbocycles. The predicted octanol–water partition coefficient (Wildman–Crippen LogP) is 6.42. The summed E-state index contributed by atoms with van der Waals surface area (Å²) in [7, 11) is -4.18. The summed E-state index contributed by atoms with van der Waals surface area (Å²) in [6.07, 6.45) is 5.13. The van der Waals surface area contributed by atoms with Gasteiger partial charge >= 0.3 is 0 Å². The lowest BCUT2D eigenvalue weighted by atomic mass is 9.94. The average molecular weight is 642 g/mol. The van der Waals surface area contributed by atoms with Gasteiger partial charge in [0, 0.05) is 19.0 Å². The largest absolute Gasteiger partial charge is 0.352 e. The molecule has 7 nitrogen and oxygen atoms in total. The second-order valence-corrected chi connectivity index (χ2v) is 13.7. The zero-order chi connectivity index (χ0) is 32.5. The van der Waals surface area contributed by atoms with E-state index in [0.29, 0.717) is 16.8 Å². The maximum Gasteiger partial charge on any atom is 0.264 e. The second-order valence-electron chi connectivity index (χ2n) is 11.8. The van der Waals surface area contributed by atoms with Crippen molar-refractivity contribution >= 4 is 27.5 Å². The molecule has 0 radical (unpaired) electrons. The molecule has 0 heterocycles. The van der Waals surface area contributed by atoms with Crippen LogP contribution in [0, 0.1) is 12.7 Å². The number of anilines is 1. The van der Waals surface area contributed by atoms with E-state index in [2.05, 4.69) is 5.32 Å². The van der Waals surface area contributed by atoms with E-state index in [-0.39, 0.29) is 29.8 Å². The Morgan fingerprint density at radius 2 is 1.41 bits per heavy atom. The van der Waals surface area contributed by atoms with Gasteiger partial charge in [-0.25, -0.2) is 12.8 Å². The fraction of sp³-hybridized carbons (Fsp3) is 0.297. The number of carbonyl (C=O) groups excluding carboxylic acids is 2. The fourth-order valence-electron chi connectivity index (χ4n) is 5.96. The second kappa shape index (κ2) is 15.2. The number of nitrogens with zero attached hydrogens (tertiary/aromatic N) is 2. The van der Waals surface area contributed by atoms with Crippen LogP contribution in [0.1, 0.15) is 48.8 Å². The summed E-state index contributed by atoms with van der Waals surface area (Å²) < 4.78 is 43.3. The van der Waals surface area contributed by atoms with Crippen molar-refractivity contribution < 1.29 is 22.4 Å². The Morgan fingerprint density at radius 1 is 0.804 bits per heavy atom. The lowest BCUT2D eigenvalue weighted by molar-refractivity contribution is -0.140. The summed E-state index contributed by atoms with van der Waals surface area (Å²) in [4.78, 5) is 30.2. The molecule has 4 aromatic carbocycles. The van der Waals surface area contributed by atoms with Crippen LogP contribution in [0.25, 0.3) is 0 Å². The van der Waals surface area contributed by atoms with Crippen molar-refractivity contribution in [2.45, 2.75) is 69.0 Å². The highest BCUT2D eigenvalue weighted by Crippen LogP contribution is 2.28. The molecular formula is C37H40FN3O4S. The maximum absolute atomic E-state index is 14.6. The molecule has 1 atom stereocenters. The molecule has 1 fully saturated rings. The molecular weight excluding hydrogens is 601 g/mol. The smallest absolute Gasteiger partial charge is 0.264 e. The third-order valence-electron chi connectivity index (χ3n) is 8.48. The number of benzene rings is 4. The molecule has 240 valence electrons. The Bertz CT molecular complexity index is 1710. The molecule has 9 heteroatoms. The normalized spacial score (nSPS) is 14.3. The van der Waals surface area contributed by atoms with Gasteiger partial charge in [-0.3, -0.25) is 13.9 Å². The van der Waals surface area contributed by atoms with Gasteiger partial charge in [-0.15, -0.1) is 0 Å². The van der Waals surface area contributed by atoms with Crippen molar-refractivity contribution in [3.63, 3.8) is 0 Å². The third-order valence-corrected chi connectivity index (χ3v) is 10.3. The summed E-state index contributed by atoms with van der Waals surface area (Å²) in [5.74, 6) is -1.26. The minimum absolute atomic E-state index is 0.00391. The lowest BCUT2D eigenvalue weighted by Gasteiger charge is -2.35. The lowest BCUT2D eigenvalue weighted by Crippen LogP contribution is -2.55. The van der Waals surface area contributed by atoms with Gasteiger partial charge in [0.2, 0.25) is 11.8 Å². The molecule has 46 heavy (non-hydrogen) atoms. The summed E-state index contributed by atoms with van der Waals surface area (Å²) in [6, 6.07) is 29.3. The molecule has 1 aliphatic rings. The minimum atomic E-state index is -4.18. The fourth-order valence-corrected chi connectivity index (χ4v) is 7.46. The van der Waals surface area contributed by atoms with Crippen LogP contribution in [0.4, 0.5) is 10.1 Å². The van der Waals surface area contributed by atoms with Gasteiger partial charge in [-0.05, 0) is 66.8 Å². The molecule has 2 amide bonds. The quantitative estimate of drug-likeness (QED) is 0.194. The first-order valence-electron chi connectivity index (χ1n) is 15.7. The van der Waals surface area contributed by atoms with Gasteiger partial charge in [0.25, 0.3) is 10.0 Å².